The van der Waals surface area contributed by atoms with E-state index in [1.165, 1.54) is 5.39 Å². The maximum atomic E-state index is 8.99. The first kappa shape index (κ1) is 13.1. The van der Waals surface area contributed by atoms with Crippen LogP contribution in [0, 0.1) is 0 Å². The Bertz CT molecular complexity index is 703. The van der Waals surface area contributed by atoms with Crippen LogP contribution in [-0.2, 0) is 13.0 Å². The molecule has 0 aliphatic carbocycles. The molecule has 4 heteroatoms. The Morgan fingerprint density at radius 2 is 1.95 bits per heavy atom. The minimum atomic E-state index is 0.000675. The number of hydrogen-bond acceptors (Lipinski definition) is 4. The van der Waals surface area contributed by atoms with E-state index in [0.717, 1.165) is 28.3 Å². The predicted octanol–water partition coefficient (Wildman–Crippen LogP) is 3.41. The third kappa shape index (κ3) is 2.81. The number of aromatic nitrogens is 1. The zero-order chi connectivity index (χ0) is 13.8. The smallest absolute Gasteiger partial charge is 0.127 e. The van der Waals surface area contributed by atoms with Gasteiger partial charge in [0.1, 0.15) is 5.75 Å². The zero-order valence-corrected chi connectivity index (χ0v) is 11.8. The van der Waals surface area contributed by atoms with E-state index in [-0.39, 0.29) is 6.61 Å². The topological polar surface area (TPSA) is 42.4 Å². The van der Waals surface area contributed by atoms with Gasteiger partial charge in [-0.15, -0.1) is 11.3 Å². The molecule has 0 saturated heterocycles. The van der Waals surface area contributed by atoms with E-state index in [2.05, 4.69) is 23.2 Å². The monoisotopic (exact) mass is 285 g/mol. The highest BCUT2D eigenvalue weighted by Gasteiger charge is 2.04. The summed E-state index contributed by atoms with van der Waals surface area (Å²) >= 11 is 1.56. The first-order chi connectivity index (χ1) is 9.86. The molecule has 0 atom stereocenters. The molecule has 102 valence electrons. The van der Waals surface area contributed by atoms with Crippen LogP contribution in [-0.4, -0.2) is 16.7 Å². The third-order valence-electron chi connectivity index (χ3n) is 3.08. The van der Waals surface area contributed by atoms with Crippen LogP contribution in [0.2, 0.25) is 0 Å². The Morgan fingerprint density at radius 1 is 1.10 bits per heavy atom. The van der Waals surface area contributed by atoms with Gasteiger partial charge in [-0.1, -0.05) is 36.4 Å². The van der Waals surface area contributed by atoms with Gasteiger partial charge in [-0.3, -0.25) is 0 Å². The highest BCUT2D eigenvalue weighted by Crippen LogP contribution is 2.25. The molecular weight excluding hydrogens is 270 g/mol. The first-order valence-corrected chi connectivity index (χ1v) is 7.39. The van der Waals surface area contributed by atoms with Crippen molar-refractivity contribution in [3.05, 3.63) is 58.5 Å². The van der Waals surface area contributed by atoms with Gasteiger partial charge in [-0.2, -0.15) is 0 Å². The summed E-state index contributed by atoms with van der Waals surface area (Å²) in [7, 11) is 0. The second kappa shape index (κ2) is 6.03. The van der Waals surface area contributed by atoms with E-state index in [1.54, 1.807) is 11.3 Å². The average molecular weight is 285 g/mol. The van der Waals surface area contributed by atoms with Crippen molar-refractivity contribution in [1.82, 2.24) is 4.98 Å². The molecule has 0 radical (unpaired) electrons. The van der Waals surface area contributed by atoms with Gasteiger partial charge in [0, 0.05) is 17.2 Å². The van der Waals surface area contributed by atoms with E-state index < -0.39 is 0 Å². The largest absolute Gasteiger partial charge is 0.493 e. The number of nitrogens with zero attached hydrogens (tertiary/aromatic N) is 1. The fourth-order valence-electron chi connectivity index (χ4n) is 2.11. The molecule has 0 saturated carbocycles. The second-order valence-electron chi connectivity index (χ2n) is 4.47. The van der Waals surface area contributed by atoms with Crippen molar-refractivity contribution in [1.29, 1.82) is 0 Å². The van der Waals surface area contributed by atoms with Gasteiger partial charge >= 0.3 is 0 Å². The van der Waals surface area contributed by atoms with Crippen molar-refractivity contribution in [2.24, 2.45) is 0 Å². The molecule has 2 aromatic carbocycles. The van der Waals surface area contributed by atoms with Gasteiger partial charge in [-0.25, -0.2) is 4.98 Å². The number of hydrogen-bond donors (Lipinski definition) is 1. The highest BCUT2D eigenvalue weighted by atomic mass is 32.1. The molecule has 0 amide bonds. The SMILES string of the molecule is OCc1csc(CCOc2cccc3ccccc23)n1. The molecule has 0 aliphatic heterocycles. The molecule has 1 aromatic heterocycles. The lowest BCUT2D eigenvalue weighted by Gasteiger charge is -2.08. The Balaban J connectivity index is 1.68. The van der Waals surface area contributed by atoms with E-state index in [9.17, 15) is 0 Å². The summed E-state index contributed by atoms with van der Waals surface area (Å²) in [6.07, 6.45) is 0.758. The molecule has 1 N–H and O–H groups in total. The van der Waals surface area contributed by atoms with E-state index in [0.29, 0.717) is 6.61 Å². The van der Waals surface area contributed by atoms with Gasteiger partial charge < -0.3 is 9.84 Å². The van der Waals surface area contributed by atoms with Crippen molar-refractivity contribution in [3.8, 4) is 5.75 Å². The maximum absolute atomic E-state index is 8.99. The lowest BCUT2D eigenvalue weighted by Crippen LogP contribution is -2.01. The third-order valence-corrected chi connectivity index (χ3v) is 4.04. The first-order valence-electron chi connectivity index (χ1n) is 6.51. The van der Waals surface area contributed by atoms with Crippen LogP contribution in [0.15, 0.2) is 47.8 Å². The Morgan fingerprint density at radius 3 is 2.80 bits per heavy atom. The summed E-state index contributed by atoms with van der Waals surface area (Å²) in [6, 6.07) is 14.3. The van der Waals surface area contributed by atoms with Gasteiger partial charge in [0.05, 0.1) is 23.9 Å². The number of aliphatic hydroxyl groups excluding tert-OH is 1. The summed E-state index contributed by atoms with van der Waals surface area (Å²) in [5.74, 6) is 0.905. The number of fused-ring (bicyclic) bond motifs is 1. The average Bonchev–Trinajstić information content (AvgIpc) is 2.95. The Labute approximate surface area is 121 Å². The van der Waals surface area contributed by atoms with Gasteiger partial charge in [0.2, 0.25) is 0 Å². The number of rotatable bonds is 5. The van der Waals surface area contributed by atoms with Crippen LogP contribution in [0.3, 0.4) is 0 Å². The lowest BCUT2D eigenvalue weighted by molar-refractivity contribution is 0.277. The molecule has 1 heterocycles. The number of aliphatic hydroxyl groups is 1. The Kier molecular flexibility index (Phi) is 3.95. The molecule has 3 aromatic rings. The standard InChI is InChI=1S/C16H15NO2S/c18-10-13-11-20-16(17-13)8-9-19-15-7-3-5-12-4-1-2-6-14(12)15/h1-7,11,18H,8-10H2. The minimum Gasteiger partial charge on any atom is -0.493 e. The van der Waals surface area contributed by atoms with Crippen LogP contribution in [0.25, 0.3) is 10.8 Å². The minimum absolute atomic E-state index is 0.000675. The van der Waals surface area contributed by atoms with E-state index in [1.807, 2.05) is 29.6 Å². The molecule has 0 bridgehead atoms. The van der Waals surface area contributed by atoms with Crippen molar-refractivity contribution in [2.45, 2.75) is 13.0 Å². The van der Waals surface area contributed by atoms with Crippen LogP contribution in [0.1, 0.15) is 10.7 Å². The van der Waals surface area contributed by atoms with E-state index >= 15 is 0 Å². The van der Waals surface area contributed by atoms with Crippen molar-refractivity contribution < 1.29 is 9.84 Å². The summed E-state index contributed by atoms with van der Waals surface area (Å²) in [4.78, 5) is 4.31. The van der Waals surface area contributed by atoms with Crippen molar-refractivity contribution in [2.75, 3.05) is 6.61 Å². The van der Waals surface area contributed by atoms with Crippen LogP contribution < -0.4 is 4.74 Å². The fraction of sp³-hybridized carbons (Fsp3) is 0.188. The summed E-state index contributed by atoms with van der Waals surface area (Å²) in [6.45, 7) is 0.590. The summed E-state index contributed by atoms with van der Waals surface area (Å²) < 4.78 is 5.87. The van der Waals surface area contributed by atoms with Crippen LogP contribution >= 0.6 is 11.3 Å². The molecule has 0 fully saturated rings. The second-order valence-corrected chi connectivity index (χ2v) is 5.41. The normalized spacial score (nSPS) is 10.8. The van der Waals surface area contributed by atoms with E-state index in [4.69, 9.17) is 9.84 Å². The number of ether oxygens (including phenoxy) is 1. The molecule has 20 heavy (non-hydrogen) atoms. The predicted molar refractivity (Wildman–Crippen MR) is 81.2 cm³/mol. The summed E-state index contributed by atoms with van der Waals surface area (Å²) in [5, 5.41) is 14.2. The molecule has 0 unspecified atom stereocenters. The fourth-order valence-corrected chi connectivity index (χ4v) is 2.88. The molecule has 3 nitrogen and oxygen atoms in total. The Hall–Kier alpha value is -1.91. The molecule has 3 rings (SSSR count). The van der Waals surface area contributed by atoms with Gasteiger partial charge in [-0.05, 0) is 11.5 Å². The van der Waals surface area contributed by atoms with Gasteiger partial charge in [0.25, 0.3) is 0 Å². The molecular formula is C16H15NO2S. The van der Waals surface area contributed by atoms with Crippen molar-refractivity contribution >= 4 is 22.1 Å². The summed E-state index contributed by atoms with van der Waals surface area (Å²) in [5.41, 5.74) is 0.732. The molecule has 0 spiro atoms. The number of thiazole rings is 1. The van der Waals surface area contributed by atoms with Crippen LogP contribution in [0.4, 0.5) is 0 Å². The maximum Gasteiger partial charge on any atom is 0.127 e. The highest BCUT2D eigenvalue weighted by molar-refractivity contribution is 7.09. The zero-order valence-electron chi connectivity index (χ0n) is 11.0. The van der Waals surface area contributed by atoms with Gasteiger partial charge in [0.15, 0.2) is 0 Å². The van der Waals surface area contributed by atoms with Crippen molar-refractivity contribution in [3.63, 3.8) is 0 Å². The van der Waals surface area contributed by atoms with Crippen LogP contribution in [0.5, 0.6) is 5.75 Å². The lowest BCUT2D eigenvalue weighted by atomic mass is 10.1. The quantitative estimate of drug-likeness (QED) is 0.781. The molecule has 0 aliphatic rings. The number of benzene rings is 2.